The van der Waals surface area contributed by atoms with Gasteiger partial charge in [0.25, 0.3) is 5.69 Å². The van der Waals surface area contributed by atoms with Crippen molar-refractivity contribution in [3.63, 3.8) is 0 Å². The molecule has 116 valence electrons. The summed E-state index contributed by atoms with van der Waals surface area (Å²) >= 11 is 0. The van der Waals surface area contributed by atoms with E-state index in [2.05, 4.69) is 15.0 Å². The predicted molar refractivity (Wildman–Crippen MR) is 76.9 cm³/mol. The summed E-state index contributed by atoms with van der Waals surface area (Å²) in [5.74, 6) is 0.778. The molecule has 2 aromatic rings. The Morgan fingerprint density at radius 2 is 2.27 bits per heavy atom. The molecule has 1 aliphatic carbocycles. The predicted octanol–water partition coefficient (Wildman–Crippen LogP) is 1.60. The number of rotatable bonds is 7. The van der Waals surface area contributed by atoms with E-state index in [1.165, 1.54) is 12.1 Å². The van der Waals surface area contributed by atoms with Crippen molar-refractivity contribution >= 4 is 5.69 Å². The smallest absolute Gasteiger partial charge is 0.270 e. The van der Waals surface area contributed by atoms with Gasteiger partial charge in [-0.25, -0.2) is 0 Å². The van der Waals surface area contributed by atoms with E-state index in [0.717, 1.165) is 12.8 Å². The molecule has 0 saturated heterocycles. The van der Waals surface area contributed by atoms with Crippen LogP contribution in [0, 0.1) is 10.1 Å². The topological polar surface area (TPSA) is 106 Å². The number of nitro benzene ring substituents is 1. The van der Waals surface area contributed by atoms with Crippen molar-refractivity contribution in [2.24, 2.45) is 0 Å². The fraction of sp³-hybridized carbons (Fsp3) is 0.429. The van der Waals surface area contributed by atoms with Gasteiger partial charge in [-0.15, -0.1) is 0 Å². The third kappa shape index (κ3) is 3.29. The number of aliphatic hydroxyl groups excluding tert-OH is 1. The van der Waals surface area contributed by atoms with Crippen LogP contribution in [0.1, 0.15) is 18.7 Å². The molecule has 1 aromatic heterocycles. The van der Waals surface area contributed by atoms with Gasteiger partial charge in [-0.2, -0.15) is 4.98 Å². The third-order valence-electron chi connectivity index (χ3n) is 3.57. The average Bonchev–Trinajstić information content (AvgIpc) is 3.26. The first-order chi connectivity index (χ1) is 10.7. The average molecular weight is 304 g/mol. The SMILES string of the molecule is O=[N+]([O-])c1cccc(-c2noc(CN(CCO)C3CC3)n2)c1. The van der Waals surface area contributed by atoms with E-state index in [9.17, 15) is 10.1 Å². The van der Waals surface area contributed by atoms with E-state index in [1.54, 1.807) is 12.1 Å². The second-order valence-electron chi connectivity index (χ2n) is 5.24. The second kappa shape index (κ2) is 6.20. The van der Waals surface area contributed by atoms with Gasteiger partial charge in [-0.3, -0.25) is 15.0 Å². The molecule has 0 aliphatic heterocycles. The standard InChI is InChI=1S/C14H16N4O4/c19-7-6-17(11-4-5-11)9-13-15-14(16-22-13)10-2-1-3-12(8-10)18(20)21/h1-3,8,11,19H,4-7,9H2. The summed E-state index contributed by atoms with van der Waals surface area (Å²) in [4.78, 5) is 16.7. The lowest BCUT2D eigenvalue weighted by Crippen LogP contribution is -2.28. The van der Waals surface area contributed by atoms with Crippen molar-refractivity contribution in [1.82, 2.24) is 15.0 Å². The minimum Gasteiger partial charge on any atom is -0.395 e. The van der Waals surface area contributed by atoms with Gasteiger partial charge in [-0.05, 0) is 12.8 Å². The minimum absolute atomic E-state index is 0.0104. The highest BCUT2D eigenvalue weighted by atomic mass is 16.6. The van der Waals surface area contributed by atoms with Crippen LogP contribution in [0.3, 0.4) is 0 Å². The zero-order valence-electron chi connectivity index (χ0n) is 11.9. The lowest BCUT2D eigenvalue weighted by Gasteiger charge is -2.17. The van der Waals surface area contributed by atoms with E-state index in [1.807, 2.05) is 0 Å². The summed E-state index contributed by atoms with van der Waals surface area (Å²) in [5, 5.41) is 23.8. The van der Waals surface area contributed by atoms with Crippen molar-refractivity contribution < 1.29 is 14.6 Å². The lowest BCUT2D eigenvalue weighted by atomic mass is 10.2. The van der Waals surface area contributed by atoms with E-state index in [-0.39, 0.29) is 12.3 Å². The van der Waals surface area contributed by atoms with Crippen molar-refractivity contribution in [1.29, 1.82) is 0 Å². The number of aromatic nitrogens is 2. The fourth-order valence-corrected chi connectivity index (χ4v) is 2.33. The zero-order chi connectivity index (χ0) is 15.5. The highest BCUT2D eigenvalue weighted by molar-refractivity contribution is 5.58. The summed E-state index contributed by atoms with van der Waals surface area (Å²) in [6.07, 6.45) is 2.23. The number of nitrogens with zero attached hydrogens (tertiary/aromatic N) is 4. The summed E-state index contributed by atoms with van der Waals surface area (Å²) in [5.41, 5.74) is 0.535. The molecule has 0 spiro atoms. The van der Waals surface area contributed by atoms with Crippen molar-refractivity contribution in [3.8, 4) is 11.4 Å². The van der Waals surface area contributed by atoms with Crippen LogP contribution in [0.2, 0.25) is 0 Å². The molecular weight excluding hydrogens is 288 g/mol. The molecule has 8 nitrogen and oxygen atoms in total. The molecule has 0 atom stereocenters. The quantitative estimate of drug-likeness (QED) is 0.611. The molecule has 1 aromatic carbocycles. The van der Waals surface area contributed by atoms with E-state index >= 15 is 0 Å². The van der Waals surface area contributed by atoms with Crippen molar-refractivity contribution in [3.05, 3.63) is 40.3 Å². The largest absolute Gasteiger partial charge is 0.395 e. The van der Waals surface area contributed by atoms with Crippen LogP contribution in [0.4, 0.5) is 5.69 Å². The van der Waals surface area contributed by atoms with E-state index < -0.39 is 4.92 Å². The molecule has 8 heteroatoms. The van der Waals surface area contributed by atoms with Crippen LogP contribution in [-0.4, -0.2) is 44.3 Å². The van der Waals surface area contributed by atoms with Crippen LogP contribution in [0.25, 0.3) is 11.4 Å². The Labute approximate surface area is 126 Å². The summed E-state index contributed by atoms with van der Waals surface area (Å²) < 4.78 is 5.22. The zero-order valence-corrected chi connectivity index (χ0v) is 11.9. The Morgan fingerprint density at radius 3 is 2.95 bits per heavy atom. The Kier molecular flexibility index (Phi) is 4.12. The van der Waals surface area contributed by atoms with Gasteiger partial charge in [0.2, 0.25) is 11.7 Å². The van der Waals surface area contributed by atoms with Gasteiger partial charge in [0.05, 0.1) is 18.1 Å². The Morgan fingerprint density at radius 1 is 1.45 bits per heavy atom. The van der Waals surface area contributed by atoms with Gasteiger partial charge in [0, 0.05) is 30.3 Å². The Bertz CT molecular complexity index is 668. The number of benzene rings is 1. The second-order valence-corrected chi connectivity index (χ2v) is 5.24. The van der Waals surface area contributed by atoms with Gasteiger partial charge in [0.1, 0.15) is 0 Å². The third-order valence-corrected chi connectivity index (χ3v) is 3.57. The fourth-order valence-electron chi connectivity index (χ4n) is 2.33. The number of hydrogen-bond donors (Lipinski definition) is 1. The highest BCUT2D eigenvalue weighted by Crippen LogP contribution is 2.28. The molecule has 1 N–H and O–H groups in total. The first-order valence-electron chi connectivity index (χ1n) is 7.09. The van der Waals surface area contributed by atoms with Crippen LogP contribution < -0.4 is 0 Å². The minimum atomic E-state index is -0.458. The summed E-state index contributed by atoms with van der Waals surface area (Å²) in [7, 11) is 0. The lowest BCUT2D eigenvalue weighted by molar-refractivity contribution is -0.384. The van der Waals surface area contributed by atoms with Gasteiger partial charge in [-0.1, -0.05) is 17.3 Å². The monoisotopic (exact) mass is 304 g/mol. The molecule has 1 saturated carbocycles. The maximum atomic E-state index is 10.8. The van der Waals surface area contributed by atoms with Crippen LogP contribution in [-0.2, 0) is 6.54 Å². The Hall–Kier alpha value is -2.32. The van der Waals surface area contributed by atoms with Gasteiger partial charge >= 0.3 is 0 Å². The van der Waals surface area contributed by atoms with E-state index in [4.69, 9.17) is 9.63 Å². The molecule has 22 heavy (non-hydrogen) atoms. The molecule has 0 radical (unpaired) electrons. The first kappa shape index (κ1) is 14.6. The van der Waals surface area contributed by atoms with E-state index in [0.29, 0.717) is 36.4 Å². The summed E-state index contributed by atoms with van der Waals surface area (Å²) in [6, 6.07) is 6.60. The van der Waals surface area contributed by atoms with Gasteiger partial charge < -0.3 is 9.63 Å². The molecule has 0 bridgehead atoms. The van der Waals surface area contributed by atoms with Crippen LogP contribution in [0.15, 0.2) is 28.8 Å². The first-order valence-corrected chi connectivity index (χ1v) is 7.09. The molecule has 1 aliphatic rings. The molecule has 1 heterocycles. The number of nitro groups is 1. The van der Waals surface area contributed by atoms with Crippen molar-refractivity contribution in [2.75, 3.05) is 13.2 Å². The Balaban J connectivity index is 1.75. The molecule has 1 fully saturated rings. The van der Waals surface area contributed by atoms with Crippen molar-refractivity contribution in [2.45, 2.75) is 25.4 Å². The summed E-state index contributed by atoms with van der Waals surface area (Å²) in [6.45, 7) is 1.13. The molecule has 3 rings (SSSR count). The highest BCUT2D eigenvalue weighted by Gasteiger charge is 2.29. The molecule has 0 unspecified atom stereocenters. The van der Waals surface area contributed by atoms with Crippen LogP contribution in [0.5, 0.6) is 0 Å². The number of hydrogen-bond acceptors (Lipinski definition) is 7. The van der Waals surface area contributed by atoms with Crippen LogP contribution >= 0.6 is 0 Å². The number of non-ortho nitro benzene ring substituents is 1. The molecule has 0 amide bonds. The normalized spacial score (nSPS) is 14.5. The maximum Gasteiger partial charge on any atom is 0.270 e. The van der Waals surface area contributed by atoms with Gasteiger partial charge in [0.15, 0.2) is 0 Å². The molecular formula is C14H16N4O4. The maximum absolute atomic E-state index is 10.8. The number of aliphatic hydroxyl groups is 1.